The van der Waals surface area contributed by atoms with E-state index in [1.807, 2.05) is 6.07 Å². The summed E-state index contributed by atoms with van der Waals surface area (Å²) in [4.78, 5) is 35.9. The largest absolute Gasteiger partial charge is 0.479 e. The summed E-state index contributed by atoms with van der Waals surface area (Å²) in [6.07, 6.45) is -1.01. The molecule has 0 saturated carbocycles. The lowest BCUT2D eigenvalue weighted by atomic mass is 10.2. The lowest BCUT2D eigenvalue weighted by Gasteiger charge is -2.16. The van der Waals surface area contributed by atoms with Gasteiger partial charge in [0.2, 0.25) is 11.8 Å². The van der Waals surface area contributed by atoms with Crippen LogP contribution in [0.25, 0.3) is 0 Å². The number of nitrogens with one attached hydrogen (secondary N) is 4. The summed E-state index contributed by atoms with van der Waals surface area (Å²) in [6.45, 7) is 1.51. The lowest BCUT2D eigenvalue weighted by molar-refractivity contribution is -0.126. The first-order chi connectivity index (χ1) is 14.7. The van der Waals surface area contributed by atoms with E-state index in [4.69, 9.17) is 40.2 Å². The molecule has 0 aliphatic rings. The molecule has 1 atom stereocenters. The molecule has 0 aliphatic heterocycles. The van der Waals surface area contributed by atoms with Gasteiger partial charge in [0.25, 0.3) is 5.91 Å². The van der Waals surface area contributed by atoms with Crippen LogP contribution in [0.3, 0.4) is 0 Å². The number of hydrogen-bond acceptors (Lipinski definition) is 5. The Hall–Kier alpha value is -2.88. The highest BCUT2D eigenvalue weighted by Gasteiger charge is 2.18. The Morgan fingerprint density at radius 2 is 1.68 bits per heavy atom. The SMILES string of the molecule is CC(Oc1ccc(Cl)cc1Cl)C(=O)NC(=S)NNC(=O)CCC(=O)Nc1ccccc1. The number of ether oxygens (including phenoxy) is 1. The lowest BCUT2D eigenvalue weighted by Crippen LogP contribution is -2.51. The van der Waals surface area contributed by atoms with Gasteiger partial charge in [-0.1, -0.05) is 41.4 Å². The van der Waals surface area contributed by atoms with Gasteiger partial charge >= 0.3 is 0 Å². The first-order valence-corrected chi connectivity index (χ1v) is 10.3. The second-order valence-electron chi connectivity index (χ2n) is 6.24. The zero-order valence-electron chi connectivity index (χ0n) is 16.4. The van der Waals surface area contributed by atoms with Gasteiger partial charge in [-0.3, -0.25) is 30.6 Å². The van der Waals surface area contributed by atoms with E-state index in [2.05, 4.69) is 21.5 Å². The predicted octanol–water partition coefficient (Wildman–Crippen LogP) is 3.20. The second-order valence-corrected chi connectivity index (χ2v) is 7.49. The summed E-state index contributed by atoms with van der Waals surface area (Å²) in [5, 5.41) is 5.62. The molecule has 0 heterocycles. The maximum atomic E-state index is 12.2. The molecular weight excluding hydrogens is 463 g/mol. The summed E-state index contributed by atoms with van der Waals surface area (Å²) >= 11 is 16.8. The van der Waals surface area contributed by atoms with Crippen molar-refractivity contribution in [2.75, 3.05) is 5.32 Å². The number of hydrogen-bond donors (Lipinski definition) is 4. The van der Waals surface area contributed by atoms with Gasteiger partial charge in [-0.15, -0.1) is 0 Å². The van der Waals surface area contributed by atoms with Gasteiger partial charge in [0.1, 0.15) is 5.75 Å². The number of anilines is 1. The molecule has 11 heteroatoms. The quantitative estimate of drug-likeness (QED) is 0.356. The van der Waals surface area contributed by atoms with E-state index in [1.165, 1.54) is 13.0 Å². The van der Waals surface area contributed by atoms with Crippen LogP contribution in [0.2, 0.25) is 10.0 Å². The molecule has 4 N–H and O–H groups in total. The van der Waals surface area contributed by atoms with Crippen molar-refractivity contribution in [3.05, 3.63) is 58.6 Å². The van der Waals surface area contributed by atoms with Crippen LogP contribution >= 0.6 is 35.4 Å². The number of hydrazine groups is 1. The van der Waals surface area contributed by atoms with Gasteiger partial charge in [0.05, 0.1) is 5.02 Å². The molecule has 8 nitrogen and oxygen atoms in total. The van der Waals surface area contributed by atoms with E-state index >= 15 is 0 Å². The molecule has 2 aromatic rings. The molecule has 164 valence electrons. The van der Waals surface area contributed by atoms with Crippen LogP contribution in [-0.2, 0) is 14.4 Å². The zero-order valence-corrected chi connectivity index (χ0v) is 18.7. The molecule has 3 amide bonds. The van der Waals surface area contributed by atoms with Gasteiger partial charge in [0, 0.05) is 23.6 Å². The van der Waals surface area contributed by atoms with Crippen LogP contribution in [0.1, 0.15) is 19.8 Å². The van der Waals surface area contributed by atoms with Crippen LogP contribution in [0.5, 0.6) is 5.75 Å². The maximum absolute atomic E-state index is 12.2. The number of rotatable bonds is 7. The van der Waals surface area contributed by atoms with Crippen LogP contribution in [0.4, 0.5) is 5.69 Å². The number of benzene rings is 2. The third-order valence-corrected chi connectivity index (χ3v) is 4.49. The molecule has 0 bridgehead atoms. The highest BCUT2D eigenvalue weighted by atomic mass is 35.5. The third-order valence-electron chi connectivity index (χ3n) is 3.76. The predicted molar refractivity (Wildman–Crippen MR) is 123 cm³/mol. The fraction of sp³-hybridized carbons (Fsp3) is 0.200. The van der Waals surface area contributed by atoms with Crippen molar-refractivity contribution in [1.82, 2.24) is 16.2 Å². The van der Waals surface area contributed by atoms with Gasteiger partial charge in [0.15, 0.2) is 11.2 Å². The third kappa shape index (κ3) is 8.79. The minimum Gasteiger partial charge on any atom is -0.479 e. The van der Waals surface area contributed by atoms with E-state index in [0.717, 1.165) is 0 Å². The van der Waals surface area contributed by atoms with E-state index in [1.54, 1.807) is 36.4 Å². The summed E-state index contributed by atoms with van der Waals surface area (Å²) in [5.74, 6) is -1.05. The van der Waals surface area contributed by atoms with Crippen molar-refractivity contribution in [3.8, 4) is 5.75 Å². The van der Waals surface area contributed by atoms with E-state index < -0.39 is 17.9 Å². The Labute approximate surface area is 194 Å². The second kappa shape index (κ2) is 12.1. The van der Waals surface area contributed by atoms with Crippen LogP contribution in [0, 0.1) is 0 Å². The van der Waals surface area contributed by atoms with Crippen molar-refractivity contribution >= 4 is 63.9 Å². The Morgan fingerprint density at radius 1 is 1.00 bits per heavy atom. The molecule has 0 aromatic heterocycles. The van der Waals surface area contributed by atoms with Crippen LogP contribution < -0.4 is 26.2 Å². The molecule has 1 unspecified atom stereocenters. The molecule has 0 aliphatic carbocycles. The Balaban J connectivity index is 1.68. The molecule has 0 saturated heterocycles. The molecule has 31 heavy (non-hydrogen) atoms. The fourth-order valence-corrected chi connectivity index (χ4v) is 2.83. The standard InChI is InChI=1S/C20H20Cl2N4O4S/c1-12(30-16-8-7-13(21)11-15(16)22)19(29)24-20(31)26-25-18(28)10-9-17(27)23-14-5-3-2-4-6-14/h2-8,11-12H,9-10H2,1H3,(H,23,27)(H,25,28)(H2,24,26,29,31). The zero-order chi connectivity index (χ0) is 22.8. The smallest absolute Gasteiger partial charge is 0.266 e. The number of carbonyl (C=O) groups is 3. The Morgan fingerprint density at radius 3 is 2.35 bits per heavy atom. The first-order valence-electron chi connectivity index (χ1n) is 9.11. The van der Waals surface area contributed by atoms with Gasteiger partial charge < -0.3 is 10.1 Å². The number of halogens is 2. The van der Waals surface area contributed by atoms with Crippen molar-refractivity contribution in [2.45, 2.75) is 25.9 Å². The molecule has 0 radical (unpaired) electrons. The molecule has 2 rings (SSSR count). The molecule has 0 spiro atoms. The van der Waals surface area contributed by atoms with Crippen LogP contribution in [-0.4, -0.2) is 28.9 Å². The minimum absolute atomic E-state index is 0.0196. The molecule has 0 fully saturated rings. The highest BCUT2D eigenvalue weighted by Crippen LogP contribution is 2.28. The van der Waals surface area contributed by atoms with E-state index in [0.29, 0.717) is 10.7 Å². The van der Waals surface area contributed by atoms with Crippen molar-refractivity contribution in [3.63, 3.8) is 0 Å². The normalized spacial score (nSPS) is 11.1. The number of carbonyl (C=O) groups excluding carboxylic acids is 3. The van der Waals surface area contributed by atoms with Gasteiger partial charge in [-0.2, -0.15) is 0 Å². The highest BCUT2D eigenvalue weighted by molar-refractivity contribution is 7.80. The van der Waals surface area contributed by atoms with Crippen molar-refractivity contribution in [2.24, 2.45) is 0 Å². The van der Waals surface area contributed by atoms with Crippen LogP contribution in [0.15, 0.2) is 48.5 Å². The van der Waals surface area contributed by atoms with Crippen molar-refractivity contribution in [1.29, 1.82) is 0 Å². The first kappa shape index (κ1) is 24.4. The maximum Gasteiger partial charge on any atom is 0.266 e. The average Bonchev–Trinajstić information content (AvgIpc) is 2.73. The summed E-state index contributed by atoms with van der Waals surface area (Å²) in [6, 6.07) is 13.5. The summed E-state index contributed by atoms with van der Waals surface area (Å²) in [7, 11) is 0. The average molecular weight is 483 g/mol. The monoisotopic (exact) mass is 482 g/mol. The van der Waals surface area contributed by atoms with E-state index in [-0.39, 0.29) is 34.6 Å². The minimum atomic E-state index is -0.921. The van der Waals surface area contributed by atoms with E-state index in [9.17, 15) is 14.4 Å². The number of thiocarbonyl (C=S) groups is 1. The molecule has 2 aromatic carbocycles. The Bertz CT molecular complexity index is 959. The summed E-state index contributed by atoms with van der Waals surface area (Å²) in [5.41, 5.74) is 5.35. The summed E-state index contributed by atoms with van der Waals surface area (Å²) < 4.78 is 5.48. The molecular formula is C20H20Cl2N4O4S. The fourth-order valence-electron chi connectivity index (χ4n) is 2.22. The van der Waals surface area contributed by atoms with Crippen molar-refractivity contribution < 1.29 is 19.1 Å². The number of para-hydroxylation sites is 1. The van der Waals surface area contributed by atoms with Gasteiger partial charge in [-0.05, 0) is 49.5 Å². The number of amides is 3. The topological polar surface area (TPSA) is 109 Å². The van der Waals surface area contributed by atoms with Gasteiger partial charge in [-0.25, -0.2) is 0 Å². The Kier molecular flexibility index (Phi) is 9.51.